The molecule has 150 valence electrons. The quantitative estimate of drug-likeness (QED) is 0.341. The Morgan fingerprint density at radius 1 is 0.933 bits per heavy atom. The van der Waals surface area contributed by atoms with E-state index < -0.39 is 0 Å². The number of thioether (sulfide) groups is 1. The first-order valence-electron chi connectivity index (χ1n) is 9.57. The zero-order valence-electron chi connectivity index (χ0n) is 16.5. The molecule has 0 atom stereocenters. The lowest BCUT2D eigenvalue weighted by atomic mass is 10.1. The van der Waals surface area contributed by atoms with E-state index in [2.05, 4.69) is 17.4 Å². The molecule has 0 aliphatic heterocycles. The van der Waals surface area contributed by atoms with E-state index in [0.29, 0.717) is 6.42 Å². The van der Waals surface area contributed by atoms with E-state index in [4.69, 9.17) is 14.7 Å². The molecule has 1 heterocycles. The molecule has 0 radical (unpaired) electrons. The maximum Gasteiger partial charge on any atom is 0.234 e. The molecule has 1 N–H and O–H groups in total. The molecule has 0 saturated heterocycles. The summed E-state index contributed by atoms with van der Waals surface area (Å²) in [5, 5.41) is 4.68. The van der Waals surface area contributed by atoms with E-state index in [1.54, 1.807) is 7.11 Å². The Morgan fingerprint density at radius 2 is 1.67 bits per heavy atom. The molecule has 1 aromatic heterocycles. The molecule has 0 aliphatic rings. The highest BCUT2D eigenvalue weighted by molar-refractivity contribution is 8.00. The van der Waals surface area contributed by atoms with E-state index in [1.165, 1.54) is 11.8 Å². The normalized spacial score (nSPS) is 10.7. The number of aromatic nitrogens is 2. The fraction of sp³-hybridized carbons (Fsp3) is 0.125. The summed E-state index contributed by atoms with van der Waals surface area (Å²) < 4.78 is 5.14. The average Bonchev–Trinajstić information content (AvgIpc) is 2.78. The summed E-state index contributed by atoms with van der Waals surface area (Å²) >= 11 is 1.42. The van der Waals surface area contributed by atoms with Gasteiger partial charge in [-0.25, -0.2) is 9.97 Å². The standard InChI is InChI=1S/C24H21N3O2S/c1-29-19-13-11-18(12-14-19)25-23(28)16-30-24-20-9-5-6-10-21(20)26-22(27-24)15-17-7-3-2-4-8-17/h2-14H,15-16H2,1H3,(H,25,28). The summed E-state index contributed by atoms with van der Waals surface area (Å²) in [6.07, 6.45) is 0.650. The molecule has 4 rings (SSSR count). The highest BCUT2D eigenvalue weighted by atomic mass is 32.2. The lowest BCUT2D eigenvalue weighted by Gasteiger charge is -2.09. The van der Waals surface area contributed by atoms with Crippen molar-refractivity contribution in [3.05, 3.63) is 90.3 Å². The number of ether oxygens (including phenoxy) is 1. The molecule has 1 amide bonds. The zero-order chi connectivity index (χ0) is 20.8. The highest BCUT2D eigenvalue weighted by Gasteiger charge is 2.11. The molecule has 0 bridgehead atoms. The first-order valence-corrected chi connectivity index (χ1v) is 10.6. The van der Waals surface area contributed by atoms with E-state index in [9.17, 15) is 4.79 Å². The maximum absolute atomic E-state index is 12.4. The van der Waals surface area contributed by atoms with Crippen molar-refractivity contribution in [3.8, 4) is 5.75 Å². The van der Waals surface area contributed by atoms with Crippen LogP contribution in [0.25, 0.3) is 10.9 Å². The van der Waals surface area contributed by atoms with E-state index in [0.717, 1.165) is 38.8 Å². The van der Waals surface area contributed by atoms with Gasteiger partial charge in [-0.05, 0) is 35.9 Å². The number of benzene rings is 3. The van der Waals surface area contributed by atoms with Crippen LogP contribution in [0.1, 0.15) is 11.4 Å². The minimum atomic E-state index is -0.0857. The van der Waals surface area contributed by atoms with Crippen molar-refractivity contribution in [1.82, 2.24) is 9.97 Å². The summed E-state index contributed by atoms with van der Waals surface area (Å²) in [6, 6.07) is 25.3. The van der Waals surface area contributed by atoms with Crippen molar-refractivity contribution in [2.45, 2.75) is 11.4 Å². The molecule has 30 heavy (non-hydrogen) atoms. The van der Waals surface area contributed by atoms with Gasteiger partial charge in [0.25, 0.3) is 0 Å². The molecule has 0 unspecified atom stereocenters. The molecule has 0 saturated carbocycles. The number of carbonyl (C=O) groups excluding carboxylic acids is 1. The summed E-state index contributed by atoms with van der Waals surface area (Å²) in [6.45, 7) is 0. The number of nitrogens with zero attached hydrogens (tertiary/aromatic N) is 2. The summed E-state index contributed by atoms with van der Waals surface area (Å²) in [5.41, 5.74) is 2.77. The average molecular weight is 416 g/mol. The van der Waals surface area contributed by atoms with Gasteiger partial charge in [-0.2, -0.15) is 0 Å². The first-order chi connectivity index (χ1) is 14.7. The molecule has 0 fully saturated rings. The van der Waals surface area contributed by atoms with Gasteiger partial charge in [0.2, 0.25) is 5.91 Å². The predicted molar refractivity (Wildman–Crippen MR) is 121 cm³/mol. The molecule has 0 aliphatic carbocycles. The topological polar surface area (TPSA) is 64.1 Å². The number of hydrogen-bond donors (Lipinski definition) is 1. The fourth-order valence-corrected chi connectivity index (χ4v) is 3.90. The number of carbonyl (C=O) groups is 1. The molecule has 5 nitrogen and oxygen atoms in total. The van der Waals surface area contributed by atoms with Crippen molar-refractivity contribution in [2.24, 2.45) is 0 Å². The van der Waals surface area contributed by atoms with Crippen molar-refractivity contribution in [1.29, 1.82) is 0 Å². The largest absolute Gasteiger partial charge is 0.497 e. The lowest BCUT2D eigenvalue weighted by molar-refractivity contribution is -0.113. The minimum absolute atomic E-state index is 0.0857. The van der Waals surface area contributed by atoms with Crippen LogP contribution in [0, 0.1) is 0 Å². The van der Waals surface area contributed by atoms with Crippen molar-refractivity contribution < 1.29 is 9.53 Å². The van der Waals surface area contributed by atoms with Crippen LogP contribution < -0.4 is 10.1 Å². The summed E-state index contributed by atoms with van der Waals surface area (Å²) in [4.78, 5) is 21.9. The number of anilines is 1. The monoisotopic (exact) mass is 415 g/mol. The summed E-state index contributed by atoms with van der Waals surface area (Å²) in [7, 11) is 1.61. The Hall–Kier alpha value is -3.38. The minimum Gasteiger partial charge on any atom is -0.497 e. The predicted octanol–water partition coefficient (Wildman–Crippen LogP) is 4.96. The number of fused-ring (bicyclic) bond motifs is 1. The molecule has 0 spiro atoms. The summed E-state index contributed by atoms with van der Waals surface area (Å²) in [5.74, 6) is 1.67. The van der Waals surface area contributed by atoms with Gasteiger partial charge >= 0.3 is 0 Å². The Morgan fingerprint density at radius 3 is 2.43 bits per heavy atom. The van der Waals surface area contributed by atoms with Crippen molar-refractivity contribution >= 4 is 34.3 Å². The van der Waals surface area contributed by atoms with Crippen LogP contribution in [-0.4, -0.2) is 28.7 Å². The third-order valence-corrected chi connectivity index (χ3v) is 5.52. The second kappa shape index (κ2) is 9.41. The molecular weight excluding hydrogens is 394 g/mol. The zero-order valence-corrected chi connectivity index (χ0v) is 17.4. The number of hydrogen-bond acceptors (Lipinski definition) is 5. The van der Waals surface area contributed by atoms with Crippen LogP contribution in [0.5, 0.6) is 5.75 Å². The number of rotatable bonds is 7. The fourth-order valence-electron chi connectivity index (χ4n) is 3.07. The molecule has 4 aromatic rings. The van der Waals surface area contributed by atoms with Gasteiger partial charge in [-0.1, -0.05) is 60.3 Å². The van der Waals surface area contributed by atoms with Crippen LogP contribution in [0.3, 0.4) is 0 Å². The van der Waals surface area contributed by atoms with Crippen LogP contribution in [0.15, 0.2) is 83.9 Å². The second-order valence-corrected chi connectivity index (χ2v) is 7.65. The number of amides is 1. The molecular formula is C24H21N3O2S. The maximum atomic E-state index is 12.4. The van der Waals surface area contributed by atoms with Gasteiger partial charge in [-0.3, -0.25) is 4.79 Å². The Balaban J connectivity index is 1.50. The van der Waals surface area contributed by atoms with Gasteiger partial charge in [0, 0.05) is 17.5 Å². The number of para-hydroxylation sites is 1. The Kier molecular flexibility index (Phi) is 6.25. The third-order valence-electron chi connectivity index (χ3n) is 4.53. The highest BCUT2D eigenvalue weighted by Crippen LogP contribution is 2.26. The number of methoxy groups -OCH3 is 1. The molecule has 6 heteroatoms. The van der Waals surface area contributed by atoms with Crippen LogP contribution in [-0.2, 0) is 11.2 Å². The van der Waals surface area contributed by atoms with Crippen molar-refractivity contribution in [2.75, 3.05) is 18.2 Å². The smallest absolute Gasteiger partial charge is 0.234 e. The van der Waals surface area contributed by atoms with Crippen LogP contribution >= 0.6 is 11.8 Å². The van der Waals surface area contributed by atoms with Crippen LogP contribution in [0.2, 0.25) is 0 Å². The van der Waals surface area contributed by atoms with Gasteiger partial charge in [-0.15, -0.1) is 0 Å². The van der Waals surface area contributed by atoms with E-state index in [-0.39, 0.29) is 11.7 Å². The number of nitrogens with one attached hydrogen (secondary N) is 1. The Labute approximate surface area is 179 Å². The van der Waals surface area contributed by atoms with Gasteiger partial charge in [0.15, 0.2) is 0 Å². The lowest BCUT2D eigenvalue weighted by Crippen LogP contribution is -2.14. The Bertz CT molecular complexity index is 1150. The van der Waals surface area contributed by atoms with Gasteiger partial charge < -0.3 is 10.1 Å². The van der Waals surface area contributed by atoms with Gasteiger partial charge in [0.05, 0.1) is 18.4 Å². The molecule has 3 aromatic carbocycles. The second-order valence-electron chi connectivity index (χ2n) is 6.69. The van der Waals surface area contributed by atoms with Crippen LogP contribution in [0.4, 0.5) is 5.69 Å². The SMILES string of the molecule is COc1ccc(NC(=O)CSc2nc(Cc3ccccc3)nc3ccccc23)cc1. The van der Waals surface area contributed by atoms with Crippen molar-refractivity contribution in [3.63, 3.8) is 0 Å². The third kappa shape index (κ3) is 4.96. The first kappa shape index (κ1) is 19.9. The van der Waals surface area contributed by atoms with E-state index in [1.807, 2.05) is 66.7 Å². The van der Waals surface area contributed by atoms with Gasteiger partial charge in [0.1, 0.15) is 16.6 Å². The van der Waals surface area contributed by atoms with E-state index >= 15 is 0 Å².